The van der Waals surface area contributed by atoms with Crippen LogP contribution in [-0.2, 0) is 62.4 Å². The number of primary amides is 1. The monoisotopic (exact) mass is 1130 g/mol. The van der Waals surface area contributed by atoms with Crippen LogP contribution >= 0.6 is 21.6 Å². The second-order valence-electron chi connectivity index (χ2n) is 19.3. The zero-order valence-corrected chi connectivity index (χ0v) is 45.6. The number of carbonyl (C=O) groups excluding carboxylic acids is 9. The number of rotatable bonds is 19. The highest BCUT2D eigenvalue weighted by atomic mass is 33.1. The van der Waals surface area contributed by atoms with E-state index in [9.17, 15) is 63.5 Å². The molecule has 1 saturated heterocycles. The van der Waals surface area contributed by atoms with Gasteiger partial charge in [0.2, 0.25) is 53.2 Å². The first kappa shape index (κ1) is 62.1. The highest BCUT2D eigenvalue weighted by molar-refractivity contribution is 8.76. The molecule has 25 nitrogen and oxygen atoms in total. The molecule has 1 aliphatic rings. The Morgan fingerprint density at radius 3 is 1.99 bits per heavy atom. The largest absolute Gasteiger partial charge is 0.508 e. The van der Waals surface area contributed by atoms with Crippen LogP contribution in [0.4, 0.5) is 5.69 Å². The summed E-state index contributed by atoms with van der Waals surface area (Å²) in [5.41, 5.74) is 13.2. The summed E-state index contributed by atoms with van der Waals surface area (Å²) in [6.45, 7) is 5.88. The maximum absolute atomic E-state index is 14.9. The number of nitrogens with zero attached hydrogens (tertiary/aromatic N) is 1. The van der Waals surface area contributed by atoms with Gasteiger partial charge in [-0.2, -0.15) is 0 Å². The fraction of sp³-hybridized carbons (Fsp3) is 0.442. The van der Waals surface area contributed by atoms with Crippen molar-refractivity contribution in [1.82, 2.24) is 47.5 Å². The average Bonchev–Trinajstić information content (AvgIpc) is 3.81. The third kappa shape index (κ3) is 18.7. The minimum absolute atomic E-state index is 0.0328. The first-order chi connectivity index (χ1) is 37.5. The zero-order chi connectivity index (χ0) is 57.9. The Kier molecular flexibility index (Phi) is 23.5. The van der Waals surface area contributed by atoms with Gasteiger partial charge in [-0.1, -0.05) is 77.9 Å². The number of fused-ring (bicyclic) bond motifs is 1. The molecule has 5 rings (SSSR count). The number of carbonyl (C=O) groups is 9. The molecule has 0 spiro atoms. The summed E-state index contributed by atoms with van der Waals surface area (Å²) < 4.78 is 0. The molecule has 426 valence electrons. The topological polar surface area (TPSA) is 401 Å². The summed E-state index contributed by atoms with van der Waals surface area (Å²) in [4.78, 5) is 140. The van der Waals surface area contributed by atoms with Crippen molar-refractivity contribution < 1.29 is 58.3 Å². The van der Waals surface area contributed by atoms with Gasteiger partial charge in [-0.3, -0.25) is 53.3 Å². The number of unbranched alkanes of at least 4 members (excludes halogenated alkanes) is 1. The maximum Gasteiger partial charge on any atom is 0.269 e. The van der Waals surface area contributed by atoms with Crippen molar-refractivity contribution >= 4 is 91.3 Å². The highest BCUT2D eigenvalue weighted by Crippen LogP contribution is 2.25. The number of non-ortho nitro benzene ring substituents is 1. The zero-order valence-electron chi connectivity index (χ0n) is 43.9. The average molecular weight is 1130 g/mol. The molecule has 15 N–H and O–H groups in total. The Balaban J connectivity index is 1.61. The first-order valence-electron chi connectivity index (χ1n) is 25.4. The van der Waals surface area contributed by atoms with Gasteiger partial charge in [-0.25, -0.2) is 0 Å². The number of nitro groups is 1. The Bertz CT molecular complexity index is 2820. The lowest BCUT2D eigenvalue weighted by atomic mass is 10.00. The molecule has 2 heterocycles. The van der Waals surface area contributed by atoms with E-state index in [1.165, 1.54) is 55.5 Å². The molecule has 0 bridgehead atoms. The van der Waals surface area contributed by atoms with Crippen molar-refractivity contribution in [3.05, 3.63) is 106 Å². The normalized spacial score (nSPS) is 21.2. The molecule has 1 aliphatic heterocycles. The van der Waals surface area contributed by atoms with Crippen LogP contribution in [0.3, 0.4) is 0 Å². The molecule has 4 aromatic rings. The number of benzene rings is 3. The molecule has 9 atom stereocenters. The van der Waals surface area contributed by atoms with Crippen LogP contribution in [-0.4, -0.2) is 146 Å². The molecule has 27 heteroatoms. The lowest BCUT2D eigenvalue weighted by Crippen LogP contribution is -2.62. The van der Waals surface area contributed by atoms with Crippen LogP contribution < -0.4 is 54.0 Å². The van der Waals surface area contributed by atoms with E-state index in [1.807, 2.05) is 12.1 Å². The lowest BCUT2D eigenvalue weighted by Gasteiger charge is -2.29. The number of aromatic hydroxyl groups is 1. The fourth-order valence-electron chi connectivity index (χ4n) is 8.43. The molecule has 79 heavy (non-hydrogen) atoms. The molecule has 1 fully saturated rings. The molecule has 1 aromatic heterocycles. The van der Waals surface area contributed by atoms with Gasteiger partial charge in [-0.15, -0.1) is 0 Å². The Morgan fingerprint density at radius 1 is 0.759 bits per heavy atom. The van der Waals surface area contributed by atoms with Gasteiger partial charge < -0.3 is 69.2 Å². The quantitative estimate of drug-likeness (QED) is 0.0249. The number of aromatic amines is 1. The summed E-state index contributed by atoms with van der Waals surface area (Å²) in [5.74, 6) is -9.19. The fourth-order valence-corrected chi connectivity index (χ4v) is 10.8. The SMILES string of the molecule is CC(=O)N[C@H](Cc1ccc([N+](=O)[O-])cc1)C(=O)N[C@H]1CSSC[C@H](C(=O)N[C@@H](C(N)=O)[C@H](C)O)NC(=O)[C@@H](C(C)C)NC(=O)[C@H](CCCCN)NC(=O)[C@@H](Cc2c[nH]c3ccccc23)NC(=O)[C@H](Cc2ccc(O)cc2)NC1=O. The molecule has 9 amide bonds. The number of phenols is 1. The minimum atomic E-state index is -1.60. The predicted octanol–water partition coefficient (Wildman–Crippen LogP) is -0.246. The van der Waals surface area contributed by atoms with Gasteiger partial charge in [0, 0.05) is 66.9 Å². The van der Waals surface area contributed by atoms with Crippen molar-refractivity contribution in [3.63, 3.8) is 0 Å². The summed E-state index contributed by atoms with van der Waals surface area (Å²) in [6, 6.07) is 6.62. The third-order valence-corrected chi connectivity index (χ3v) is 15.2. The van der Waals surface area contributed by atoms with E-state index in [4.69, 9.17) is 11.5 Å². The van der Waals surface area contributed by atoms with Crippen LogP contribution in [0, 0.1) is 16.0 Å². The van der Waals surface area contributed by atoms with E-state index in [2.05, 4.69) is 47.5 Å². The highest BCUT2D eigenvalue weighted by Gasteiger charge is 2.37. The number of aromatic nitrogens is 1. The van der Waals surface area contributed by atoms with E-state index in [0.717, 1.165) is 39.4 Å². The van der Waals surface area contributed by atoms with Gasteiger partial charge in [0.05, 0.1) is 11.0 Å². The molecule has 0 unspecified atom stereocenters. The second kappa shape index (κ2) is 29.8. The smallest absolute Gasteiger partial charge is 0.269 e. The summed E-state index contributed by atoms with van der Waals surface area (Å²) in [7, 11) is 1.86. The number of phenolic OH excluding ortho intramolecular Hbond substituents is 1. The number of para-hydroxylation sites is 1. The maximum atomic E-state index is 14.9. The minimum Gasteiger partial charge on any atom is -0.508 e. The molecule has 0 radical (unpaired) electrons. The summed E-state index contributed by atoms with van der Waals surface area (Å²) >= 11 is 0. The van der Waals surface area contributed by atoms with E-state index in [-0.39, 0.29) is 55.2 Å². The lowest BCUT2D eigenvalue weighted by molar-refractivity contribution is -0.384. The number of amides is 9. The van der Waals surface area contributed by atoms with E-state index in [1.54, 1.807) is 32.2 Å². The van der Waals surface area contributed by atoms with Crippen LogP contribution in [0.2, 0.25) is 0 Å². The van der Waals surface area contributed by atoms with Crippen molar-refractivity contribution in [2.24, 2.45) is 17.4 Å². The van der Waals surface area contributed by atoms with E-state index >= 15 is 0 Å². The van der Waals surface area contributed by atoms with Crippen molar-refractivity contribution in [1.29, 1.82) is 0 Å². The van der Waals surface area contributed by atoms with E-state index in [0.29, 0.717) is 29.5 Å². The number of aliphatic hydroxyl groups is 1. The number of nitrogens with two attached hydrogens (primary N) is 2. The van der Waals surface area contributed by atoms with Gasteiger partial charge in [0.25, 0.3) is 5.69 Å². The van der Waals surface area contributed by atoms with Crippen LogP contribution in [0.1, 0.15) is 63.6 Å². The van der Waals surface area contributed by atoms with Crippen LogP contribution in [0.5, 0.6) is 5.75 Å². The Labute approximate surface area is 463 Å². The van der Waals surface area contributed by atoms with Crippen LogP contribution in [0.15, 0.2) is 79.0 Å². The number of nitro benzene ring substituents is 1. The van der Waals surface area contributed by atoms with Crippen LogP contribution in [0.25, 0.3) is 10.9 Å². The third-order valence-electron chi connectivity index (χ3n) is 12.8. The van der Waals surface area contributed by atoms with Gasteiger partial charge in [-0.05, 0) is 73.5 Å². The standard InChI is InChI=1S/C52H68N12O13S2/c1-27(2)43-52(75)61-42(51(74)63-44(28(3)65)45(54)68)26-79-78-25-41(60-47(70)38(56-29(4)66)21-30-12-16-33(17-13-30)64(76)77)50(73)58-39(22-31-14-18-34(67)19-15-31)48(71)59-40(23-32-24-55-36-10-6-5-9-35(32)36)49(72)57-37(46(69)62-43)11-7-8-20-53/h5-6,9-10,12-19,24,27-28,37-44,55,65,67H,7-8,11,20-23,25-26,53H2,1-4H3,(H2,54,68)(H,56,66)(H,57,72)(H,58,73)(H,59,71)(H,60,70)(H,61,75)(H,62,69)(H,63,74)/t28-,37-,38+,39-,40+,41-,42+,43+,44+/m0/s1. The predicted molar refractivity (Wildman–Crippen MR) is 295 cm³/mol. The van der Waals surface area contributed by atoms with Gasteiger partial charge >= 0.3 is 0 Å². The van der Waals surface area contributed by atoms with Crippen molar-refractivity contribution in [2.45, 2.75) is 121 Å². The molecule has 3 aromatic carbocycles. The number of nitrogens with one attached hydrogen (secondary N) is 9. The van der Waals surface area contributed by atoms with Gasteiger partial charge in [0.15, 0.2) is 0 Å². The summed E-state index contributed by atoms with van der Waals surface area (Å²) in [5, 5.41) is 53.7. The second-order valence-corrected chi connectivity index (χ2v) is 21.9. The number of H-pyrrole nitrogens is 1. The van der Waals surface area contributed by atoms with Crippen molar-refractivity contribution in [3.8, 4) is 5.75 Å². The number of hydrogen-bond donors (Lipinski definition) is 13. The molecular formula is C52H68N12O13S2. The summed E-state index contributed by atoms with van der Waals surface area (Å²) in [6.07, 6.45) is 0.462. The Morgan fingerprint density at radius 2 is 1.37 bits per heavy atom. The van der Waals surface area contributed by atoms with Crippen molar-refractivity contribution in [2.75, 3.05) is 18.1 Å². The number of hydrogen-bond acceptors (Lipinski definition) is 16. The molecule has 0 saturated carbocycles. The number of aliphatic hydroxyl groups excluding tert-OH is 1. The first-order valence-corrected chi connectivity index (χ1v) is 27.9. The van der Waals surface area contributed by atoms with E-state index < -0.39 is 118 Å². The molecule has 0 aliphatic carbocycles. The molecular weight excluding hydrogens is 1060 g/mol. The van der Waals surface area contributed by atoms with Gasteiger partial charge in [0.1, 0.15) is 54.1 Å². The Hall–Kier alpha value is -7.75.